The molecule has 0 bridgehead atoms. The van der Waals surface area contributed by atoms with E-state index < -0.39 is 11.9 Å². The lowest BCUT2D eigenvalue weighted by atomic mass is 10.0. The van der Waals surface area contributed by atoms with Crippen molar-refractivity contribution < 1.29 is 9.90 Å². The Hall–Kier alpha value is -1.55. The van der Waals surface area contributed by atoms with Crippen molar-refractivity contribution in [2.75, 3.05) is 0 Å². The van der Waals surface area contributed by atoms with E-state index in [1.807, 2.05) is 6.07 Å². The largest absolute Gasteiger partial charge is 0.481 e. The first kappa shape index (κ1) is 11.0. The highest BCUT2D eigenvalue weighted by Crippen LogP contribution is 2.29. The number of halogens is 1. The Morgan fingerprint density at radius 2 is 2.25 bits per heavy atom. The number of rotatable bonds is 2. The molecule has 84 valence electrons. The van der Waals surface area contributed by atoms with Crippen molar-refractivity contribution in [2.45, 2.75) is 12.8 Å². The zero-order valence-electron chi connectivity index (χ0n) is 8.94. The molecule has 5 heteroatoms. The Labute approximate surface area is 97.4 Å². The van der Waals surface area contributed by atoms with Gasteiger partial charge in [-0.05, 0) is 13.0 Å². The van der Waals surface area contributed by atoms with Crippen molar-refractivity contribution in [2.24, 2.45) is 7.05 Å². The van der Waals surface area contributed by atoms with Crippen LogP contribution in [0.2, 0.25) is 5.02 Å². The first-order chi connectivity index (χ1) is 7.52. The van der Waals surface area contributed by atoms with Crippen LogP contribution in [-0.2, 0) is 11.8 Å². The van der Waals surface area contributed by atoms with Gasteiger partial charge in [-0.25, -0.2) is 0 Å². The molecule has 1 aromatic heterocycles. The number of carboxylic acids is 1. The van der Waals surface area contributed by atoms with Crippen LogP contribution in [0.4, 0.5) is 0 Å². The summed E-state index contributed by atoms with van der Waals surface area (Å²) in [4.78, 5) is 11.0. The zero-order chi connectivity index (χ0) is 11.9. The molecule has 2 rings (SSSR count). The second-order valence-electron chi connectivity index (χ2n) is 3.70. The molecule has 0 aliphatic carbocycles. The summed E-state index contributed by atoms with van der Waals surface area (Å²) in [6, 6.07) is 5.40. The first-order valence-corrected chi connectivity index (χ1v) is 5.24. The molecule has 16 heavy (non-hydrogen) atoms. The number of aliphatic carboxylic acids is 1. The van der Waals surface area contributed by atoms with Crippen molar-refractivity contribution in [3.63, 3.8) is 0 Å². The Morgan fingerprint density at radius 1 is 1.56 bits per heavy atom. The molecular weight excluding hydrogens is 228 g/mol. The van der Waals surface area contributed by atoms with Gasteiger partial charge in [0.25, 0.3) is 0 Å². The highest BCUT2D eigenvalue weighted by Gasteiger charge is 2.21. The van der Waals surface area contributed by atoms with Crippen LogP contribution in [0.5, 0.6) is 0 Å². The number of nitrogens with zero attached hydrogens (tertiary/aromatic N) is 2. The number of hydrogen-bond acceptors (Lipinski definition) is 2. The van der Waals surface area contributed by atoms with Gasteiger partial charge in [-0.3, -0.25) is 9.48 Å². The molecule has 2 aromatic rings. The van der Waals surface area contributed by atoms with E-state index >= 15 is 0 Å². The molecule has 0 aliphatic heterocycles. The number of benzene rings is 1. The summed E-state index contributed by atoms with van der Waals surface area (Å²) >= 11 is 6.05. The number of para-hydroxylation sites is 1. The quantitative estimate of drug-likeness (QED) is 0.874. The summed E-state index contributed by atoms with van der Waals surface area (Å²) in [6.45, 7) is 1.62. The Kier molecular flexibility index (Phi) is 2.59. The second kappa shape index (κ2) is 3.79. The maximum atomic E-state index is 11.0. The normalized spacial score (nSPS) is 12.9. The topological polar surface area (TPSA) is 55.1 Å². The minimum atomic E-state index is -0.889. The van der Waals surface area contributed by atoms with E-state index in [0.29, 0.717) is 10.7 Å². The molecule has 1 heterocycles. The van der Waals surface area contributed by atoms with Crippen molar-refractivity contribution in [3.05, 3.63) is 28.9 Å². The average Bonchev–Trinajstić information content (AvgIpc) is 2.56. The first-order valence-electron chi connectivity index (χ1n) is 4.86. The number of carboxylic acid groups (broad SMARTS) is 1. The van der Waals surface area contributed by atoms with Crippen LogP contribution in [0.3, 0.4) is 0 Å². The SMILES string of the molecule is CC(C(=O)O)c1nn(C)c2c(Cl)cccc12. The lowest BCUT2D eigenvalue weighted by Gasteiger charge is -2.01. The van der Waals surface area contributed by atoms with Gasteiger partial charge in [-0.15, -0.1) is 0 Å². The minimum Gasteiger partial charge on any atom is -0.481 e. The maximum absolute atomic E-state index is 11.0. The predicted octanol–water partition coefficient (Wildman–Crippen LogP) is 2.41. The van der Waals surface area contributed by atoms with Gasteiger partial charge >= 0.3 is 5.97 Å². The second-order valence-corrected chi connectivity index (χ2v) is 4.11. The monoisotopic (exact) mass is 238 g/mol. The van der Waals surface area contributed by atoms with E-state index in [1.165, 1.54) is 0 Å². The third-order valence-electron chi connectivity index (χ3n) is 2.62. The molecule has 0 amide bonds. The lowest BCUT2D eigenvalue weighted by Crippen LogP contribution is -2.08. The molecule has 0 saturated heterocycles. The Bertz CT molecular complexity index is 562. The molecule has 1 aromatic carbocycles. The van der Waals surface area contributed by atoms with Gasteiger partial charge in [0, 0.05) is 12.4 Å². The Balaban J connectivity index is 2.73. The number of fused-ring (bicyclic) bond motifs is 1. The highest BCUT2D eigenvalue weighted by molar-refractivity contribution is 6.35. The third kappa shape index (κ3) is 1.55. The van der Waals surface area contributed by atoms with Crippen LogP contribution < -0.4 is 0 Å². The molecule has 0 aliphatic rings. The van der Waals surface area contributed by atoms with Gasteiger partial charge in [-0.1, -0.05) is 23.7 Å². The van der Waals surface area contributed by atoms with Crippen molar-refractivity contribution in [1.82, 2.24) is 9.78 Å². The summed E-state index contributed by atoms with van der Waals surface area (Å²) in [5.74, 6) is -1.53. The summed E-state index contributed by atoms with van der Waals surface area (Å²) in [6.07, 6.45) is 0. The van der Waals surface area contributed by atoms with Crippen LogP contribution in [0.1, 0.15) is 18.5 Å². The maximum Gasteiger partial charge on any atom is 0.312 e. The molecular formula is C11H11ClN2O2. The summed E-state index contributed by atoms with van der Waals surface area (Å²) < 4.78 is 1.62. The molecule has 0 radical (unpaired) electrons. The molecule has 0 spiro atoms. The van der Waals surface area contributed by atoms with Crippen LogP contribution >= 0.6 is 11.6 Å². The number of hydrogen-bond donors (Lipinski definition) is 1. The number of carbonyl (C=O) groups is 1. The fourth-order valence-corrected chi connectivity index (χ4v) is 2.05. The van der Waals surface area contributed by atoms with E-state index in [1.54, 1.807) is 30.8 Å². The third-order valence-corrected chi connectivity index (χ3v) is 2.93. The summed E-state index contributed by atoms with van der Waals surface area (Å²) in [5.41, 5.74) is 1.32. The van der Waals surface area contributed by atoms with E-state index in [0.717, 1.165) is 10.9 Å². The molecule has 1 N–H and O–H groups in total. The fourth-order valence-electron chi connectivity index (χ4n) is 1.75. The van der Waals surface area contributed by atoms with Gasteiger partial charge in [0.15, 0.2) is 0 Å². The lowest BCUT2D eigenvalue weighted by molar-refractivity contribution is -0.138. The number of aryl methyl sites for hydroxylation is 1. The van der Waals surface area contributed by atoms with Gasteiger partial charge in [0.05, 0.1) is 22.2 Å². The van der Waals surface area contributed by atoms with E-state index in [-0.39, 0.29) is 0 Å². The Morgan fingerprint density at radius 3 is 2.88 bits per heavy atom. The molecule has 1 atom stereocenters. The predicted molar refractivity (Wildman–Crippen MR) is 61.8 cm³/mol. The van der Waals surface area contributed by atoms with Gasteiger partial charge in [-0.2, -0.15) is 5.10 Å². The van der Waals surface area contributed by atoms with Crippen LogP contribution in [-0.4, -0.2) is 20.9 Å². The summed E-state index contributed by atoms with van der Waals surface area (Å²) in [5, 5.41) is 14.6. The average molecular weight is 239 g/mol. The van der Waals surface area contributed by atoms with Crippen LogP contribution in [0.15, 0.2) is 18.2 Å². The molecule has 4 nitrogen and oxygen atoms in total. The zero-order valence-corrected chi connectivity index (χ0v) is 9.69. The van der Waals surface area contributed by atoms with E-state index in [9.17, 15) is 4.79 Å². The van der Waals surface area contributed by atoms with Gasteiger partial charge in [0.1, 0.15) is 0 Å². The smallest absolute Gasteiger partial charge is 0.312 e. The van der Waals surface area contributed by atoms with Crippen LogP contribution in [0.25, 0.3) is 10.9 Å². The van der Waals surface area contributed by atoms with Crippen molar-refractivity contribution in [3.8, 4) is 0 Å². The van der Waals surface area contributed by atoms with Gasteiger partial charge < -0.3 is 5.11 Å². The minimum absolute atomic E-state index is 0.549. The molecule has 1 unspecified atom stereocenters. The summed E-state index contributed by atoms with van der Waals surface area (Å²) in [7, 11) is 1.76. The van der Waals surface area contributed by atoms with Gasteiger partial charge in [0.2, 0.25) is 0 Å². The molecule has 0 saturated carbocycles. The van der Waals surface area contributed by atoms with E-state index in [4.69, 9.17) is 16.7 Å². The van der Waals surface area contributed by atoms with Crippen molar-refractivity contribution in [1.29, 1.82) is 0 Å². The molecule has 0 fully saturated rings. The number of aromatic nitrogens is 2. The van der Waals surface area contributed by atoms with Crippen LogP contribution in [0, 0.1) is 0 Å². The van der Waals surface area contributed by atoms with Crippen molar-refractivity contribution >= 4 is 28.5 Å². The standard InChI is InChI=1S/C11H11ClN2O2/c1-6(11(15)16)9-7-4-3-5-8(12)10(7)14(2)13-9/h3-6H,1-2H3,(H,15,16). The fraction of sp³-hybridized carbons (Fsp3) is 0.273. The highest BCUT2D eigenvalue weighted by atomic mass is 35.5. The van der Waals surface area contributed by atoms with E-state index in [2.05, 4.69) is 5.10 Å².